The third-order valence-corrected chi connectivity index (χ3v) is 3.01. The Morgan fingerprint density at radius 1 is 1.33 bits per heavy atom. The van der Waals surface area contributed by atoms with Gasteiger partial charge in [0, 0.05) is 23.5 Å². The molecule has 108 valence electrons. The summed E-state index contributed by atoms with van der Waals surface area (Å²) >= 11 is 0. The molecule has 0 aliphatic rings. The first-order chi connectivity index (χ1) is 10.0. The van der Waals surface area contributed by atoms with E-state index in [1.165, 1.54) is 25.3 Å². The summed E-state index contributed by atoms with van der Waals surface area (Å²) in [5, 5.41) is 11.0. The van der Waals surface area contributed by atoms with Gasteiger partial charge in [0.2, 0.25) is 0 Å². The van der Waals surface area contributed by atoms with Crippen LogP contribution in [0.25, 0.3) is 0 Å². The van der Waals surface area contributed by atoms with E-state index in [2.05, 4.69) is 4.98 Å². The van der Waals surface area contributed by atoms with Crippen molar-refractivity contribution >= 4 is 11.5 Å². The molecule has 2 aromatic rings. The van der Waals surface area contributed by atoms with Crippen LogP contribution in [0.2, 0.25) is 0 Å². The van der Waals surface area contributed by atoms with Gasteiger partial charge in [-0.15, -0.1) is 0 Å². The number of carbonyl (C=O) groups excluding carboxylic acids is 1. The van der Waals surface area contributed by atoms with E-state index in [1.54, 1.807) is 12.3 Å². The summed E-state index contributed by atoms with van der Waals surface area (Å²) in [6, 6.07) is 7.81. The Kier molecular flexibility index (Phi) is 4.27. The maximum Gasteiger partial charge on any atom is 0.311 e. The second-order valence-corrected chi connectivity index (χ2v) is 4.57. The lowest BCUT2D eigenvalue weighted by Crippen LogP contribution is -2.06. The Hall–Kier alpha value is -2.76. The number of nitro groups is 1. The molecule has 21 heavy (non-hydrogen) atoms. The number of rotatable bonds is 5. The summed E-state index contributed by atoms with van der Waals surface area (Å²) in [6.45, 7) is 1.91. The smallest absolute Gasteiger partial charge is 0.311 e. The molecule has 0 spiro atoms. The first-order valence-corrected chi connectivity index (χ1v) is 6.28. The highest BCUT2D eigenvalue weighted by atomic mass is 16.6. The lowest BCUT2D eigenvalue weighted by atomic mass is 10.0. The zero-order chi connectivity index (χ0) is 15.4. The topological polar surface area (TPSA) is 82.3 Å². The van der Waals surface area contributed by atoms with E-state index >= 15 is 0 Å². The van der Waals surface area contributed by atoms with Crippen LogP contribution in [0.5, 0.6) is 5.75 Å². The van der Waals surface area contributed by atoms with Crippen LogP contribution in [0.15, 0.2) is 36.5 Å². The van der Waals surface area contributed by atoms with Crippen LogP contribution in [0.3, 0.4) is 0 Å². The Morgan fingerprint density at radius 2 is 2.10 bits per heavy atom. The molecule has 0 N–H and O–H groups in total. The minimum absolute atomic E-state index is 0.101. The summed E-state index contributed by atoms with van der Waals surface area (Å²) in [5.41, 5.74) is 1.68. The minimum Gasteiger partial charge on any atom is -0.490 e. The van der Waals surface area contributed by atoms with Crippen LogP contribution in [-0.4, -0.2) is 22.8 Å². The van der Waals surface area contributed by atoms with Gasteiger partial charge in [-0.2, -0.15) is 0 Å². The average molecular weight is 286 g/mol. The first-order valence-electron chi connectivity index (χ1n) is 6.28. The summed E-state index contributed by atoms with van der Waals surface area (Å²) in [4.78, 5) is 26.7. The summed E-state index contributed by atoms with van der Waals surface area (Å²) in [5.74, 6) is -0.0953. The molecule has 0 aliphatic carbocycles. The van der Waals surface area contributed by atoms with E-state index in [0.717, 1.165) is 5.56 Å². The fraction of sp³-hybridized carbons (Fsp3) is 0.200. The van der Waals surface area contributed by atoms with Gasteiger partial charge >= 0.3 is 5.69 Å². The van der Waals surface area contributed by atoms with E-state index in [9.17, 15) is 14.9 Å². The van der Waals surface area contributed by atoms with Gasteiger partial charge in [0.1, 0.15) is 0 Å². The summed E-state index contributed by atoms with van der Waals surface area (Å²) < 4.78 is 4.91. The molecule has 1 aromatic heterocycles. The highest BCUT2D eigenvalue weighted by molar-refractivity contribution is 5.98. The maximum absolute atomic E-state index is 12.2. The molecule has 0 unspecified atom stereocenters. The second kappa shape index (κ2) is 6.13. The standard InChI is InChI=1S/C15H14N2O4/c1-10-3-5-12(16-9-10)8-14(18)11-4-6-15(21-2)13(7-11)17(19)20/h3-7,9H,8H2,1-2H3. The number of hydrogen-bond acceptors (Lipinski definition) is 5. The van der Waals surface area contributed by atoms with Crippen LogP contribution in [0.1, 0.15) is 21.6 Å². The Bertz CT molecular complexity index is 681. The van der Waals surface area contributed by atoms with Gasteiger partial charge < -0.3 is 4.74 Å². The Labute approximate surface area is 121 Å². The van der Waals surface area contributed by atoms with E-state index < -0.39 is 4.92 Å². The van der Waals surface area contributed by atoms with Crippen LogP contribution in [0, 0.1) is 17.0 Å². The van der Waals surface area contributed by atoms with Gasteiger partial charge in [-0.05, 0) is 30.7 Å². The fourth-order valence-corrected chi connectivity index (χ4v) is 1.88. The van der Waals surface area contributed by atoms with Crippen molar-refractivity contribution in [3.63, 3.8) is 0 Å². The van der Waals surface area contributed by atoms with Gasteiger partial charge in [-0.25, -0.2) is 0 Å². The highest BCUT2D eigenvalue weighted by Gasteiger charge is 2.18. The molecule has 0 atom stereocenters. The molecule has 0 bridgehead atoms. The van der Waals surface area contributed by atoms with Crippen molar-refractivity contribution in [3.8, 4) is 5.75 Å². The fourth-order valence-electron chi connectivity index (χ4n) is 1.88. The number of carbonyl (C=O) groups is 1. The third-order valence-electron chi connectivity index (χ3n) is 3.01. The highest BCUT2D eigenvalue weighted by Crippen LogP contribution is 2.27. The monoisotopic (exact) mass is 286 g/mol. The van der Waals surface area contributed by atoms with Crippen molar-refractivity contribution < 1.29 is 14.5 Å². The molecule has 6 nitrogen and oxygen atoms in total. The number of hydrogen-bond donors (Lipinski definition) is 0. The summed E-state index contributed by atoms with van der Waals surface area (Å²) in [6.07, 6.45) is 1.78. The molecule has 0 saturated carbocycles. The van der Waals surface area contributed by atoms with Crippen molar-refractivity contribution in [3.05, 3.63) is 63.5 Å². The zero-order valence-electron chi connectivity index (χ0n) is 11.7. The van der Waals surface area contributed by atoms with Crippen molar-refractivity contribution in [2.45, 2.75) is 13.3 Å². The number of pyridine rings is 1. The lowest BCUT2D eigenvalue weighted by Gasteiger charge is -2.05. The Morgan fingerprint density at radius 3 is 2.67 bits per heavy atom. The molecule has 0 aliphatic heterocycles. The largest absolute Gasteiger partial charge is 0.490 e. The number of ether oxygens (including phenoxy) is 1. The molecular formula is C15H14N2O4. The molecular weight excluding hydrogens is 272 g/mol. The predicted molar refractivity (Wildman–Crippen MR) is 76.7 cm³/mol. The zero-order valence-corrected chi connectivity index (χ0v) is 11.7. The number of Topliss-reactive ketones (excluding diaryl/α,β-unsaturated/α-hetero) is 1. The van der Waals surface area contributed by atoms with E-state index in [4.69, 9.17) is 4.74 Å². The lowest BCUT2D eigenvalue weighted by molar-refractivity contribution is -0.385. The molecule has 2 rings (SSSR count). The van der Waals surface area contributed by atoms with Gasteiger partial charge in [-0.3, -0.25) is 19.9 Å². The molecule has 0 amide bonds. The van der Waals surface area contributed by atoms with Crippen molar-refractivity contribution in [1.29, 1.82) is 0 Å². The van der Waals surface area contributed by atoms with Gasteiger partial charge in [0.15, 0.2) is 11.5 Å². The molecule has 1 aromatic carbocycles. The second-order valence-electron chi connectivity index (χ2n) is 4.57. The third kappa shape index (κ3) is 3.42. The van der Waals surface area contributed by atoms with Crippen LogP contribution in [0.4, 0.5) is 5.69 Å². The van der Waals surface area contributed by atoms with Gasteiger partial charge in [0.25, 0.3) is 0 Å². The molecule has 0 saturated heterocycles. The summed E-state index contributed by atoms with van der Waals surface area (Å²) in [7, 11) is 1.35. The van der Waals surface area contributed by atoms with Crippen molar-refractivity contribution in [2.24, 2.45) is 0 Å². The Balaban J connectivity index is 2.25. The van der Waals surface area contributed by atoms with Crippen molar-refractivity contribution in [1.82, 2.24) is 4.98 Å². The number of ketones is 1. The first kappa shape index (κ1) is 14.6. The van der Waals surface area contributed by atoms with E-state index in [1.807, 2.05) is 13.0 Å². The number of nitrogens with zero attached hydrogens (tertiary/aromatic N) is 2. The predicted octanol–water partition coefficient (Wildman–Crippen LogP) is 2.73. The number of methoxy groups -OCH3 is 1. The molecule has 0 radical (unpaired) electrons. The number of aryl methyl sites for hydroxylation is 1. The van der Waals surface area contributed by atoms with Crippen LogP contribution < -0.4 is 4.74 Å². The van der Waals surface area contributed by atoms with E-state index in [0.29, 0.717) is 5.69 Å². The van der Waals surface area contributed by atoms with Gasteiger partial charge in [-0.1, -0.05) is 6.07 Å². The van der Waals surface area contributed by atoms with Crippen LogP contribution in [-0.2, 0) is 6.42 Å². The molecule has 0 fully saturated rings. The van der Waals surface area contributed by atoms with Crippen LogP contribution >= 0.6 is 0 Å². The number of aromatic nitrogens is 1. The molecule has 6 heteroatoms. The quantitative estimate of drug-likeness (QED) is 0.479. The van der Waals surface area contributed by atoms with E-state index in [-0.39, 0.29) is 29.2 Å². The van der Waals surface area contributed by atoms with Gasteiger partial charge in [0.05, 0.1) is 18.5 Å². The minimum atomic E-state index is -0.570. The maximum atomic E-state index is 12.2. The normalized spacial score (nSPS) is 10.2. The van der Waals surface area contributed by atoms with Crippen molar-refractivity contribution in [2.75, 3.05) is 7.11 Å². The average Bonchev–Trinajstić information content (AvgIpc) is 2.48. The number of nitro benzene ring substituents is 1. The SMILES string of the molecule is COc1ccc(C(=O)Cc2ccc(C)cn2)cc1[N+](=O)[O-]. The number of benzene rings is 1. The molecule has 1 heterocycles.